The number of H-pyrrole nitrogens is 1. The summed E-state index contributed by atoms with van der Waals surface area (Å²) in [6, 6.07) is 2.15. The van der Waals surface area contributed by atoms with Crippen molar-refractivity contribution in [1.82, 2.24) is 9.97 Å². The molecule has 0 saturated heterocycles. The molecular formula is C9H10N2S. The second kappa shape index (κ2) is 3.11. The molecule has 0 aliphatic carbocycles. The van der Waals surface area contributed by atoms with Crippen LogP contribution in [0.25, 0.3) is 0 Å². The molecule has 3 heteroatoms. The Morgan fingerprint density at radius 1 is 1.58 bits per heavy atom. The quantitative estimate of drug-likeness (QED) is 0.752. The lowest BCUT2D eigenvalue weighted by Crippen LogP contribution is -1.93. The van der Waals surface area contributed by atoms with Crippen LogP contribution >= 0.6 is 11.3 Å². The van der Waals surface area contributed by atoms with E-state index in [4.69, 9.17) is 0 Å². The Hall–Kier alpha value is -1.09. The summed E-state index contributed by atoms with van der Waals surface area (Å²) in [6.07, 6.45) is 3.60. The van der Waals surface area contributed by atoms with Gasteiger partial charge in [-0.15, -0.1) is 0 Å². The molecule has 2 heterocycles. The molecule has 0 bridgehead atoms. The minimum absolute atomic E-state index is 0.429. The second-order valence-corrected chi connectivity index (χ2v) is 3.57. The molecule has 0 aromatic carbocycles. The summed E-state index contributed by atoms with van der Waals surface area (Å²) < 4.78 is 0. The molecule has 62 valence electrons. The first-order valence-corrected chi connectivity index (χ1v) is 4.82. The van der Waals surface area contributed by atoms with Crippen LogP contribution in [0, 0.1) is 0 Å². The van der Waals surface area contributed by atoms with Crippen molar-refractivity contribution in [3.05, 3.63) is 40.6 Å². The van der Waals surface area contributed by atoms with E-state index in [-0.39, 0.29) is 0 Å². The van der Waals surface area contributed by atoms with Crippen LogP contribution in [0.4, 0.5) is 0 Å². The van der Waals surface area contributed by atoms with Gasteiger partial charge in [-0.3, -0.25) is 0 Å². The summed E-state index contributed by atoms with van der Waals surface area (Å²) in [5.41, 5.74) is 2.53. The minimum atomic E-state index is 0.429. The molecule has 0 radical (unpaired) electrons. The molecular weight excluding hydrogens is 168 g/mol. The lowest BCUT2D eigenvalue weighted by molar-refractivity contribution is 0.888. The van der Waals surface area contributed by atoms with Crippen LogP contribution in [0.2, 0.25) is 0 Å². The summed E-state index contributed by atoms with van der Waals surface area (Å²) >= 11 is 1.73. The van der Waals surface area contributed by atoms with Crippen LogP contribution in [0.5, 0.6) is 0 Å². The van der Waals surface area contributed by atoms with Crippen molar-refractivity contribution in [1.29, 1.82) is 0 Å². The normalized spacial score (nSPS) is 13.1. The molecule has 0 saturated carbocycles. The first-order valence-electron chi connectivity index (χ1n) is 3.88. The van der Waals surface area contributed by atoms with Gasteiger partial charge in [-0.2, -0.15) is 11.3 Å². The van der Waals surface area contributed by atoms with Crippen LogP contribution in [-0.2, 0) is 0 Å². The molecule has 2 aromatic rings. The fourth-order valence-corrected chi connectivity index (χ4v) is 1.96. The zero-order chi connectivity index (χ0) is 8.39. The third-order valence-electron chi connectivity index (χ3n) is 2.03. The van der Waals surface area contributed by atoms with Crippen molar-refractivity contribution in [2.75, 3.05) is 0 Å². The summed E-state index contributed by atoms with van der Waals surface area (Å²) in [5, 5.41) is 4.27. The SMILES string of the molecule is CC(c1ccsc1)c1cnc[nH]1. The van der Waals surface area contributed by atoms with Gasteiger partial charge in [0, 0.05) is 17.8 Å². The standard InChI is InChI=1S/C9H10N2S/c1-7(8-2-3-12-5-8)9-4-10-6-11-9/h2-7H,1H3,(H,10,11). The van der Waals surface area contributed by atoms with Crippen LogP contribution in [0.15, 0.2) is 29.4 Å². The number of hydrogen-bond donors (Lipinski definition) is 1. The van der Waals surface area contributed by atoms with Gasteiger partial charge in [-0.1, -0.05) is 6.92 Å². The molecule has 2 aromatic heterocycles. The van der Waals surface area contributed by atoms with Gasteiger partial charge in [0.1, 0.15) is 0 Å². The third kappa shape index (κ3) is 1.28. The van der Waals surface area contributed by atoms with E-state index in [1.807, 2.05) is 6.20 Å². The van der Waals surface area contributed by atoms with Gasteiger partial charge in [-0.05, 0) is 22.4 Å². The highest BCUT2D eigenvalue weighted by atomic mass is 32.1. The Bertz CT molecular complexity index is 289. The fraction of sp³-hybridized carbons (Fsp3) is 0.222. The number of nitrogens with one attached hydrogen (secondary N) is 1. The van der Waals surface area contributed by atoms with E-state index in [9.17, 15) is 0 Å². The average molecular weight is 178 g/mol. The predicted molar refractivity (Wildman–Crippen MR) is 50.4 cm³/mol. The van der Waals surface area contributed by atoms with Crippen molar-refractivity contribution in [3.63, 3.8) is 0 Å². The Kier molecular flexibility index (Phi) is 1.96. The molecule has 12 heavy (non-hydrogen) atoms. The van der Waals surface area contributed by atoms with E-state index in [0.717, 1.165) is 0 Å². The number of aromatic amines is 1. The highest BCUT2D eigenvalue weighted by molar-refractivity contribution is 7.07. The highest BCUT2D eigenvalue weighted by Crippen LogP contribution is 2.23. The molecule has 0 fully saturated rings. The lowest BCUT2D eigenvalue weighted by Gasteiger charge is -2.05. The smallest absolute Gasteiger partial charge is 0.0921 e. The molecule has 1 atom stereocenters. The monoisotopic (exact) mass is 178 g/mol. The van der Waals surface area contributed by atoms with E-state index in [1.54, 1.807) is 17.7 Å². The zero-order valence-electron chi connectivity index (χ0n) is 6.82. The largest absolute Gasteiger partial charge is 0.348 e. The molecule has 1 unspecified atom stereocenters. The molecule has 0 aliphatic rings. The molecule has 0 spiro atoms. The molecule has 2 nitrogen and oxygen atoms in total. The number of nitrogens with zero attached hydrogens (tertiary/aromatic N) is 1. The first-order chi connectivity index (χ1) is 5.88. The zero-order valence-corrected chi connectivity index (χ0v) is 7.64. The summed E-state index contributed by atoms with van der Waals surface area (Å²) in [5.74, 6) is 0.429. The van der Waals surface area contributed by atoms with E-state index in [1.165, 1.54) is 11.3 Å². The van der Waals surface area contributed by atoms with E-state index in [2.05, 4.69) is 33.7 Å². The topological polar surface area (TPSA) is 28.7 Å². The Labute approximate surface area is 75.3 Å². The van der Waals surface area contributed by atoms with Crippen molar-refractivity contribution >= 4 is 11.3 Å². The Morgan fingerprint density at radius 3 is 3.08 bits per heavy atom. The minimum Gasteiger partial charge on any atom is -0.348 e. The maximum absolute atomic E-state index is 4.00. The molecule has 0 aliphatic heterocycles. The molecule has 0 amide bonds. The van der Waals surface area contributed by atoms with Crippen LogP contribution in [0.1, 0.15) is 24.1 Å². The maximum Gasteiger partial charge on any atom is 0.0921 e. The number of rotatable bonds is 2. The Balaban J connectivity index is 2.27. The summed E-state index contributed by atoms with van der Waals surface area (Å²) in [7, 11) is 0. The average Bonchev–Trinajstić information content (AvgIpc) is 2.77. The van der Waals surface area contributed by atoms with Gasteiger partial charge in [-0.25, -0.2) is 4.98 Å². The fourth-order valence-electron chi connectivity index (χ4n) is 1.20. The number of hydrogen-bond acceptors (Lipinski definition) is 2. The van der Waals surface area contributed by atoms with Crippen LogP contribution < -0.4 is 0 Å². The van der Waals surface area contributed by atoms with E-state index in [0.29, 0.717) is 5.92 Å². The molecule has 1 N–H and O–H groups in total. The van der Waals surface area contributed by atoms with Gasteiger partial charge in [0.15, 0.2) is 0 Å². The van der Waals surface area contributed by atoms with Gasteiger partial charge < -0.3 is 4.98 Å². The van der Waals surface area contributed by atoms with Crippen molar-refractivity contribution < 1.29 is 0 Å². The highest BCUT2D eigenvalue weighted by Gasteiger charge is 2.08. The Morgan fingerprint density at radius 2 is 2.50 bits per heavy atom. The lowest BCUT2D eigenvalue weighted by atomic mass is 10.0. The number of thiophene rings is 1. The maximum atomic E-state index is 4.00. The van der Waals surface area contributed by atoms with Crippen LogP contribution in [0.3, 0.4) is 0 Å². The van der Waals surface area contributed by atoms with Gasteiger partial charge in [0.2, 0.25) is 0 Å². The summed E-state index contributed by atoms with van der Waals surface area (Å²) in [4.78, 5) is 7.12. The van der Waals surface area contributed by atoms with Gasteiger partial charge in [0.05, 0.1) is 6.33 Å². The predicted octanol–water partition coefficient (Wildman–Crippen LogP) is 2.62. The van der Waals surface area contributed by atoms with E-state index >= 15 is 0 Å². The summed E-state index contributed by atoms with van der Waals surface area (Å²) in [6.45, 7) is 2.18. The van der Waals surface area contributed by atoms with Gasteiger partial charge in [0.25, 0.3) is 0 Å². The van der Waals surface area contributed by atoms with Crippen molar-refractivity contribution in [2.45, 2.75) is 12.8 Å². The van der Waals surface area contributed by atoms with Crippen LogP contribution in [-0.4, -0.2) is 9.97 Å². The van der Waals surface area contributed by atoms with Crippen molar-refractivity contribution in [3.8, 4) is 0 Å². The molecule has 2 rings (SSSR count). The second-order valence-electron chi connectivity index (χ2n) is 2.79. The van der Waals surface area contributed by atoms with Gasteiger partial charge >= 0.3 is 0 Å². The third-order valence-corrected chi connectivity index (χ3v) is 2.73. The van der Waals surface area contributed by atoms with E-state index < -0.39 is 0 Å². The first kappa shape index (κ1) is 7.55. The number of imidazole rings is 1. The van der Waals surface area contributed by atoms with Crippen molar-refractivity contribution in [2.24, 2.45) is 0 Å². The number of aromatic nitrogens is 2.